The highest BCUT2D eigenvalue weighted by Gasteiger charge is 2.31. The summed E-state index contributed by atoms with van der Waals surface area (Å²) >= 11 is 0. The van der Waals surface area contributed by atoms with Gasteiger partial charge in [0.25, 0.3) is 0 Å². The highest BCUT2D eigenvalue weighted by atomic mass is 19.4. The molecule has 5 heteroatoms. The second-order valence-electron chi connectivity index (χ2n) is 4.14. The lowest BCUT2D eigenvalue weighted by Crippen LogP contribution is -2.30. The summed E-state index contributed by atoms with van der Waals surface area (Å²) in [5, 5.41) is 0. The Morgan fingerprint density at radius 2 is 2.00 bits per heavy atom. The van der Waals surface area contributed by atoms with E-state index < -0.39 is 12.6 Å². The van der Waals surface area contributed by atoms with Crippen LogP contribution < -0.4 is 5.73 Å². The summed E-state index contributed by atoms with van der Waals surface area (Å²) in [5.74, 6) is -0.289. The van der Waals surface area contributed by atoms with Crippen molar-refractivity contribution < 1.29 is 18.0 Å². The van der Waals surface area contributed by atoms with E-state index in [0.29, 0.717) is 0 Å². The van der Waals surface area contributed by atoms with Gasteiger partial charge in [0.2, 0.25) is 0 Å². The average molecular weight is 223 g/mol. The molecule has 0 aromatic heterocycles. The van der Waals surface area contributed by atoms with E-state index in [9.17, 15) is 18.0 Å². The van der Waals surface area contributed by atoms with Gasteiger partial charge in [-0.2, -0.15) is 13.2 Å². The normalized spacial score (nSPS) is 26.9. The first kappa shape index (κ1) is 12.5. The number of nitrogens with two attached hydrogens (primary N) is 1. The summed E-state index contributed by atoms with van der Waals surface area (Å²) in [5.41, 5.74) is 5.69. The molecule has 2 N–H and O–H groups in total. The third-order valence-corrected chi connectivity index (χ3v) is 2.87. The zero-order chi connectivity index (χ0) is 11.5. The zero-order valence-corrected chi connectivity index (χ0v) is 8.52. The molecule has 0 radical (unpaired) electrons. The van der Waals surface area contributed by atoms with E-state index in [1.807, 2.05) is 0 Å². The largest absolute Gasteiger partial charge is 0.389 e. The van der Waals surface area contributed by atoms with Crippen LogP contribution in [0.5, 0.6) is 0 Å². The lowest BCUT2D eigenvalue weighted by Gasteiger charge is -2.13. The third-order valence-electron chi connectivity index (χ3n) is 2.87. The summed E-state index contributed by atoms with van der Waals surface area (Å²) in [6, 6.07) is -0.136. The van der Waals surface area contributed by atoms with Crippen LogP contribution in [0, 0.1) is 5.92 Å². The number of hydrogen-bond donors (Lipinski definition) is 1. The van der Waals surface area contributed by atoms with Crippen molar-refractivity contribution in [2.45, 2.75) is 50.7 Å². The molecule has 1 aliphatic rings. The molecule has 0 aromatic carbocycles. The van der Waals surface area contributed by atoms with Crippen LogP contribution in [-0.4, -0.2) is 18.0 Å². The highest BCUT2D eigenvalue weighted by molar-refractivity contribution is 5.81. The van der Waals surface area contributed by atoms with Gasteiger partial charge in [0.15, 0.2) is 0 Å². The Morgan fingerprint density at radius 3 is 2.47 bits per heavy atom. The van der Waals surface area contributed by atoms with E-state index in [0.717, 1.165) is 19.3 Å². The number of carbonyl (C=O) groups is 1. The summed E-state index contributed by atoms with van der Waals surface area (Å²) in [4.78, 5) is 11.5. The van der Waals surface area contributed by atoms with Crippen LogP contribution in [0.4, 0.5) is 13.2 Å². The molecule has 1 saturated carbocycles. The third kappa shape index (κ3) is 4.20. The first-order valence-corrected chi connectivity index (χ1v) is 5.25. The van der Waals surface area contributed by atoms with Crippen LogP contribution in [-0.2, 0) is 4.79 Å². The molecule has 0 spiro atoms. The molecule has 0 aliphatic heterocycles. The molecule has 0 aromatic rings. The van der Waals surface area contributed by atoms with Crippen LogP contribution >= 0.6 is 0 Å². The Balaban J connectivity index is 2.24. The van der Waals surface area contributed by atoms with Gasteiger partial charge >= 0.3 is 6.18 Å². The maximum Gasteiger partial charge on any atom is 0.389 e. The van der Waals surface area contributed by atoms with Gasteiger partial charge in [-0.3, -0.25) is 4.79 Å². The molecule has 0 amide bonds. The standard InChI is InChI=1S/C10H16F3NO/c11-10(12,13)6-2-5-9(15)7-3-1-4-8(7)14/h7-8H,1-6,14H2. The first-order chi connectivity index (χ1) is 6.90. The molecule has 1 aliphatic carbocycles. The lowest BCUT2D eigenvalue weighted by molar-refractivity contribution is -0.137. The minimum absolute atomic E-state index is 0.0118. The van der Waals surface area contributed by atoms with Crippen molar-refractivity contribution in [3.05, 3.63) is 0 Å². The molecule has 0 bridgehead atoms. The predicted octanol–water partition coefficient (Wildman–Crippen LogP) is 2.42. The van der Waals surface area contributed by atoms with Crippen molar-refractivity contribution in [1.29, 1.82) is 0 Å². The average Bonchev–Trinajstić information content (AvgIpc) is 2.48. The van der Waals surface area contributed by atoms with Gasteiger partial charge in [0.05, 0.1) is 0 Å². The monoisotopic (exact) mass is 223 g/mol. The maximum absolute atomic E-state index is 11.8. The van der Waals surface area contributed by atoms with Gasteiger partial charge < -0.3 is 5.73 Å². The van der Waals surface area contributed by atoms with Crippen molar-refractivity contribution in [2.75, 3.05) is 0 Å². The van der Waals surface area contributed by atoms with E-state index in [4.69, 9.17) is 5.73 Å². The quantitative estimate of drug-likeness (QED) is 0.795. The summed E-state index contributed by atoms with van der Waals surface area (Å²) in [6.45, 7) is 0. The Bertz CT molecular complexity index is 227. The Labute approximate surface area is 87.0 Å². The number of alkyl halides is 3. The Morgan fingerprint density at radius 1 is 1.33 bits per heavy atom. The topological polar surface area (TPSA) is 43.1 Å². The van der Waals surface area contributed by atoms with Crippen LogP contribution in [0.3, 0.4) is 0 Å². The van der Waals surface area contributed by atoms with Gasteiger partial charge in [0, 0.05) is 24.8 Å². The number of hydrogen-bond acceptors (Lipinski definition) is 2. The lowest BCUT2D eigenvalue weighted by atomic mass is 9.95. The molecule has 1 rings (SSSR count). The summed E-state index contributed by atoms with van der Waals surface area (Å²) in [7, 11) is 0. The minimum Gasteiger partial charge on any atom is -0.327 e. The molecule has 2 unspecified atom stereocenters. The van der Waals surface area contributed by atoms with Crippen molar-refractivity contribution in [1.82, 2.24) is 0 Å². The van der Waals surface area contributed by atoms with Gasteiger partial charge in [0.1, 0.15) is 5.78 Å². The minimum atomic E-state index is -4.15. The number of carbonyl (C=O) groups excluding carboxylic acids is 1. The SMILES string of the molecule is NC1CCCC1C(=O)CCCC(F)(F)F. The van der Waals surface area contributed by atoms with Crippen LogP contribution in [0.25, 0.3) is 0 Å². The number of ketones is 1. The maximum atomic E-state index is 11.8. The fourth-order valence-corrected chi connectivity index (χ4v) is 2.04. The van der Waals surface area contributed by atoms with E-state index in [1.165, 1.54) is 0 Å². The predicted molar refractivity (Wildman–Crippen MR) is 50.2 cm³/mol. The molecule has 2 nitrogen and oxygen atoms in total. The number of halogens is 3. The molecule has 88 valence electrons. The first-order valence-electron chi connectivity index (χ1n) is 5.25. The fraction of sp³-hybridized carbons (Fsp3) is 0.900. The van der Waals surface area contributed by atoms with E-state index >= 15 is 0 Å². The van der Waals surface area contributed by atoms with Crippen molar-refractivity contribution in [3.63, 3.8) is 0 Å². The molecule has 1 fully saturated rings. The van der Waals surface area contributed by atoms with Gasteiger partial charge in [-0.25, -0.2) is 0 Å². The molecule has 2 atom stereocenters. The van der Waals surface area contributed by atoms with Gasteiger partial charge in [-0.15, -0.1) is 0 Å². The number of Topliss-reactive ketones (excluding diaryl/α,β-unsaturated/α-hetero) is 1. The van der Waals surface area contributed by atoms with Crippen molar-refractivity contribution in [2.24, 2.45) is 11.7 Å². The van der Waals surface area contributed by atoms with Crippen LogP contribution in [0.15, 0.2) is 0 Å². The van der Waals surface area contributed by atoms with E-state index in [1.54, 1.807) is 0 Å². The summed E-state index contributed by atoms with van der Waals surface area (Å²) in [6.07, 6.45) is -2.65. The van der Waals surface area contributed by atoms with E-state index in [-0.39, 0.29) is 30.6 Å². The fourth-order valence-electron chi connectivity index (χ4n) is 2.04. The molecule has 0 heterocycles. The van der Waals surface area contributed by atoms with Crippen molar-refractivity contribution >= 4 is 5.78 Å². The van der Waals surface area contributed by atoms with Crippen LogP contribution in [0.1, 0.15) is 38.5 Å². The highest BCUT2D eigenvalue weighted by Crippen LogP contribution is 2.28. The molecule has 0 saturated heterocycles. The zero-order valence-electron chi connectivity index (χ0n) is 8.52. The van der Waals surface area contributed by atoms with E-state index in [2.05, 4.69) is 0 Å². The Hall–Kier alpha value is -0.580. The number of rotatable bonds is 4. The second-order valence-corrected chi connectivity index (χ2v) is 4.14. The van der Waals surface area contributed by atoms with Crippen molar-refractivity contribution in [3.8, 4) is 0 Å². The van der Waals surface area contributed by atoms with Crippen LogP contribution in [0.2, 0.25) is 0 Å². The van der Waals surface area contributed by atoms with Gasteiger partial charge in [-0.05, 0) is 19.3 Å². The molecular formula is C10H16F3NO. The molecular weight excluding hydrogens is 207 g/mol. The smallest absolute Gasteiger partial charge is 0.327 e. The second kappa shape index (κ2) is 4.96. The van der Waals surface area contributed by atoms with Gasteiger partial charge in [-0.1, -0.05) is 6.42 Å². The Kier molecular flexibility index (Phi) is 4.13. The molecule has 15 heavy (non-hydrogen) atoms. The summed E-state index contributed by atoms with van der Waals surface area (Å²) < 4.78 is 35.5.